The quantitative estimate of drug-likeness (QED) is 0.382. The van der Waals surface area contributed by atoms with Crippen molar-refractivity contribution in [1.29, 1.82) is 0 Å². The van der Waals surface area contributed by atoms with E-state index in [0.717, 1.165) is 13.2 Å². The molecular formula is C22H49NO5. The second kappa shape index (κ2) is 29.0. The molecule has 0 unspecified atom stereocenters. The highest BCUT2D eigenvalue weighted by Crippen LogP contribution is 2.01. The van der Waals surface area contributed by atoms with Crippen LogP contribution in [0.25, 0.3) is 0 Å². The summed E-state index contributed by atoms with van der Waals surface area (Å²) in [6.45, 7) is 14.5. The molecule has 0 aromatic heterocycles. The molecule has 1 heterocycles. The normalized spacial score (nSPS) is 13.1. The monoisotopic (exact) mass is 407 g/mol. The van der Waals surface area contributed by atoms with Crippen LogP contribution < -0.4 is 0 Å². The van der Waals surface area contributed by atoms with E-state index in [1.165, 1.54) is 71.0 Å². The number of ether oxygens (including phenoxy) is 3. The fourth-order valence-electron chi connectivity index (χ4n) is 2.44. The van der Waals surface area contributed by atoms with Crippen LogP contribution in [0.1, 0.15) is 72.1 Å². The Bertz CT molecular complexity index is 218. The number of aliphatic hydroxyl groups is 2. The summed E-state index contributed by atoms with van der Waals surface area (Å²) in [6.07, 6.45) is 10.6. The van der Waals surface area contributed by atoms with Gasteiger partial charge in [0.2, 0.25) is 0 Å². The molecule has 172 valence electrons. The summed E-state index contributed by atoms with van der Waals surface area (Å²) in [7, 11) is 0. The summed E-state index contributed by atoms with van der Waals surface area (Å²) in [4.78, 5) is 2.64. The topological polar surface area (TPSA) is 71.4 Å². The van der Waals surface area contributed by atoms with Crippen molar-refractivity contribution in [3.63, 3.8) is 0 Å². The molecule has 0 aromatic carbocycles. The Morgan fingerprint density at radius 1 is 0.679 bits per heavy atom. The maximum atomic E-state index is 8.26. The SMILES string of the molecule is C1CCOC1.CCCCN(CCCC)CCCC.OCCOCCOCCO. The van der Waals surface area contributed by atoms with Gasteiger partial charge in [-0.25, -0.2) is 0 Å². The molecule has 6 heteroatoms. The Hall–Kier alpha value is -0.240. The van der Waals surface area contributed by atoms with Gasteiger partial charge in [0.15, 0.2) is 0 Å². The Morgan fingerprint density at radius 2 is 1.07 bits per heavy atom. The van der Waals surface area contributed by atoms with Gasteiger partial charge in [-0.1, -0.05) is 40.0 Å². The van der Waals surface area contributed by atoms with Crippen LogP contribution in [0.4, 0.5) is 0 Å². The van der Waals surface area contributed by atoms with E-state index in [1.807, 2.05) is 0 Å². The molecule has 1 aliphatic heterocycles. The number of nitrogens with zero attached hydrogens (tertiary/aromatic N) is 1. The molecule has 2 N–H and O–H groups in total. The molecular weight excluding hydrogens is 358 g/mol. The molecule has 0 aliphatic carbocycles. The maximum absolute atomic E-state index is 8.26. The first-order valence-corrected chi connectivity index (χ1v) is 11.4. The molecule has 0 spiro atoms. The fourth-order valence-corrected chi connectivity index (χ4v) is 2.44. The van der Waals surface area contributed by atoms with Gasteiger partial charge in [0.05, 0.1) is 39.6 Å². The van der Waals surface area contributed by atoms with Crippen LogP contribution in [0.15, 0.2) is 0 Å². The van der Waals surface area contributed by atoms with Crippen molar-refractivity contribution in [2.24, 2.45) is 0 Å². The van der Waals surface area contributed by atoms with E-state index in [1.54, 1.807) is 0 Å². The zero-order chi connectivity index (χ0) is 21.1. The van der Waals surface area contributed by atoms with Crippen LogP contribution in [-0.2, 0) is 14.2 Å². The predicted molar refractivity (Wildman–Crippen MR) is 117 cm³/mol. The molecule has 1 rings (SSSR count). The van der Waals surface area contributed by atoms with Crippen molar-refractivity contribution in [3.05, 3.63) is 0 Å². The number of rotatable bonds is 16. The molecule has 0 saturated carbocycles. The first-order valence-electron chi connectivity index (χ1n) is 11.4. The summed E-state index contributed by atoms with van der Waals surface area (Å²) in [6, 6.07) is 0. The van der Waals surface area contributed by atoms with Gasteiger partial charge in [0.25, 0.3) is 0 Å². The summed E-state index contributed by atoms with van der Waals surface area (Å²) >= 11 is 0. The lowest BCUT2D eigenvalue weighted by Gasteiger charge is -2.21. The average molecular weight is 408 g/mol. The molecule has 1 fully saturated rings. The average Bonchev–Trinajstić information content (AvgIpc) is 3.31. The Balaban J connectivity index is 0. The van der Waals surface area contributed by atoms with Gasteiger partial charge in [0.1, 0.15) is 0 Å². The third-order valence-electron chi connectivity index (χ3n) is 4.15. The highest BCUT2D eigenvalue weighted by Gasteiger charge is 2.01. The summed E-state index contributed by atoms with van der Waals surface area (Å²) in [5, 5.41) is 16.5. The fraction of sp³-hybridized carbons (Fsp3) is 1.00. The number of aliphatic hydroxyl groups excluding tert-OH is 2. The lowest BCUT2D eigenvalue weighted by atomic mass is 10.2. The van der Waals surface area contributed by atoms with Gasteiger partial charge >= 0.3 is 0 Å². The molecule has 0 bridgehead atoms. The minimum absolute atomic E-state index is 0.0417. The Labute approximate surface area is 174 Å². The Kier molecular flexibility index (Phi) is 31.0. The van der Waals surface area contributed by atoms with E-state index in [-0.39, 0.29) is 13.2 Å². The lowest BCUT2D eigenvalue weighted by molar-refractivity contribution is 0.0222. The van der Waals surface area contributed by atoms with Gasteiger partial charge in [-0.2, -0.15) is 0 Å². The zero-order valence-electron chi connectivity index (χ0n) is 19.0. The van der Waals surface area contributed by atoms with E-state index in [0.29, 0.717) is 26.4 Å². The van der Waals surface area contributed by atoms with Crippen LogP contribution in [-0.4, -0.2) is 87.6 Å². The van der Waals surface area contributed by atoms with Gasteiger partial charge in [-0.3, -0.25) is 0 Å². The predicted octanol–water partition coefficient (Wildman–Crippen LogP) is 3.49. The van der Waals surface area contributed by atoms with E-state index >= 15 is 0 Å². The van der Waals surface area contributed by atoms with Crippen LogP contribution in [0.3, 0.4) is 0 Å². The number of hydrogen-bond acceptors (Lipinski definition) is 6. The molecule has 1 saturated heterocycles. The molecule has 1 aliphatic rings. The van der Waals surface area contributed by atoms with Crippen molar-refractivity contribution in [3.8, 4) is 0 Å². The van der Waals surface area contributed by atoms with E-state index in [2.05, 4.69) is 25.7 Å². The third kappa shape index (κ3) is 28.0. The molecule has 0 atom stereocenters. The standard InChI is InChI=1S/C12H27N.C6H14O4.C4H8O/c1-4-7-10-13(11-8-5-2)12-9-6-3;7-1-3-9-5-6-10-4-2-8;1-2-4-5-3-1/h4-12H2,1-3H3;7-8H,1-6H2;1-4H2. The van der Waals surface area contributed by atoms with Gasteiger partial charge < -0.3 is 29.3 Å². The van der Waals surface area contributed by atoms with E-state index < -0.39 is 0 Å². The second-order valence-electron chi connectivity index (χ2n) is 6.89. The molecule has 0 amide bonds. The van der Waals surface area contributed by atoms with E-state index in [9.17, 15) is 0 Å². The minimum Gasteiger partial charge on any atom is -0.394 e. The first-order chi connectivity index (χ1) is 13.8. The third-order valence-corrected chi connectivity index (χ3v) is 4.15. The number of unbranched alkanes of at least 4 members (excludes halogenated alkanes) is 3. The molecule has 0 aromatic rings. The highest BCUT2D eigenvalue weighted by molar-refractivity contribution is 4.57. The van der Waals surface area contributed by atoms with Gasteiger partial charge in [0, 0.05) is 13.2 Å². The van der Waals surface area contributed by atoms with Crippen molar-refractivity contribution in [1.82, 2.24) is 4.90 Å². The molecule has 28 heavy (non-hydrogen) atoms. The van der Waals surface area contributed by atoms with Gasteiger partial charge in [-0.05, 0) is 51.7 Å². The molecule has 0 radical (unpaired) electrons. The lowest BCUT2D eigenvalue weighted by Crippen LogP contribution is -2.27. The molecule has 6 nitrogen and oxygen atoms in total. The number of hydrogen-bond donors (Lipinski definition) is 2. The van der Waals surface area contributed by atoms with Crippen LogP contribution in [0, 0.1) is 0 Å². The van der Waals surface area contributed by atoms with Crippen molar-refractivity contribution < 1.29 is 24.4 Å². The minimum atomic E-state index is 0.0417. The summed E-state index contributed by atoms with van der Waals surface area (Å²) < 4.78 is 14.7. The maximum Gasteiger partial charge on any atom is 0.0701 e. The smallest absolute Gasteiger partial charge is 0.0701 e. The van der Waals surface area contributed by atoms with Crippen molar-refractivity contribution in [2.75, 3.05) is 72.5 Å². The van der Waals surface area contributed by atoms with Crippen LogP contribution in [0.5, 0.6) is 0 Å². The zero-order valence-corrected chi connectivity index (χ0v) is 19.0. The summed E-state index contributed by atoms with van der Waals surface area (Å²) in [5.41, 5.74) is 0. The van der Waals surface area contributed by atoms with Crippen molar-refractivity contribution in [2.45, 2.75) is 72.1 Å². The highest BCUT2D eigenvalue weighted by atomic mass is 16.5. The van der Waals surface area contributed by atoms with Crippen molar-refractivity contribution >= 4 is 0 Å². The van der Waals surface area contributed by atoms with Gasteiger partial charge in [-0.15, -0.1) is 0 Å². The largest absolute Gasteiger partial charge is 0.394 e. The first kappa shape index (κ1) is 30.0. The summed E-state index contributed by atoms with van der Waals surface area (Å²) in [5.74, 6) is 0. The van der Waals surface area contributed by atoms with E-state index in [4.69, 9.17) is 24.4 Å². The van der Waals surface area contributed by atoms with Crippen LogP contribution in [0.2, 0.25) is 0 Å². The second-order valence-corrected chi connectivity index (χ2v) is 6.89. The Morgan fingerprint density at radius 3 is 1.32 bits per heavy atom. The van der Waals surface area contributed by atoms with Crippen LogP contribution >= 0.6 is 0 Å².